The molecule has 0 aromatic carbocycles. The Labute approximate surface area is 103 Å². The third-order valence-electron chi connectivity index (χ3n) is 1.87. The van der Waals surface area contributed by atoms with Gasteiger partial charge >= 0.3 is 0 Å². The lowest BCUT2D eigenvalue weighted by atomic mass is 10.5. The van der Waals surface area contributed by atoms with Crippen molar-refractivity contribution in [2.75, 3.05) is 38.3 Å². The molecular weight excluding hydrogens is 274 g/mol. The Morgan fingerprint density at radius 1 is 1.56 bits per heavy atom. The van der Waals surface area contributed by atoms with Crippen LogP contribution < -0.4 is 10.6 Å². The molecule has 0 aliphatic carbocycles. The Balaban J connectivity index is 2.69. The van der Waals surface area contributed by atoms with E-state index < -0.39 is 0 Å². The molecule has 1 aromatic heterocycles. The Bertz CT molecular complexity index is 382. The first-order valence-electron chi connectivity index (χ1n) is 4.69. The third-order valence-corrected chi connectivity index (χ3v) is 2.45. The molecule has 1 heterocycles. The van der Waals surface area contributed by atoms with Crippen LogP contribution in [0.25, 0.3) is 0 Å². The summed E-state index contributed by atoms with van der Waals surface area (Å²) in [4.78, 5) is 21.1. The van der Waals surface area contributed by atoms with Crippen LogP contribution in [0.5, 0.6) is 0 Å². The van der Waals surface area contributed by atoms with Crippen molar-refractivity contribution in [2.24, 2.45) is 0 Å². The highest BCUT2D eigenvalue weighted by molar-refractivity contribution is 9.10. The molecule has 1 aromatic rings. The van der Waals surface area contributed by atoms with Crippen molar-refractivity contribution in [3.8, 4) is 0 Å². The third kappa shape index (κ3) is 3.34. The minimum atomic E-state index is -0.0171. The van der Waals surface area contributed by atoms with Crippen molar-refractivity contribution >= 4 is 33.6 Å². The molecule has 0 atom stereocenters. The van der Waals surface area contributed by atoms with E-state index in [-0.39, 0.29) is 12.5 Å². The fourth-order valence-electron chi connectivity index (χ4n) is 0.929. The number of nitrogens with one attached hydrogen (secondary N) is 2. The van der Waals surface area contributed by atoms with Crippen molar-refractivity contribution < 1.29 is 4.79 Å². The van der Waals surface area contributed by atoms with E-state index in [0.717, 1.165) is 4.47 Å². The molecule has 0 aliphatic rings. The van der Waals surface area contributed by atoms with Gasteiger partial charge in [0.05, 0.1) is 11.0 Å². The van der Waals surface area contributed by atoms with Crippen molar-refractivity contribution in [3.05, 3.63) is 10.7 Å². The first kappa shape index (κ1) is 12.7. The van der Waals surface area contributed by atoms with Gasteiger partial charge in [-0.05, 0) is 15.9 Å². The maximum atomic E-state index is 11.4. The highest BCUT2D eigenvalue weighted by Gasteiger charge is 2.07. The summed E-state index contributed by atoms with van der Waals surface area (Å²) >= 11 is 3.31. The molecule has 88 valence electrons. The van der Waals surface area contributed by atoms with Gasteiger partial charge in [-0.15, -0.1) is 0 Å². The van der Waals surface area contributed by atoms with Crippen LogP contribution in [-0.4, -0.2) is 48.5 Å². The van der Waals surface area contributed by atoms with Gasteiger partial charge in [-0.1, -0.05) is 0 Å². The zero-order valence-electron chi connectivity index (χ0n) is 9.41. The lowest BCUT2D eigenvalue weighted by molar-refractivity contribution is -0.126. The Morgan fingerprint density at radius 2 is 2.25 bits per heavy atom. The molecule has 1 amide bonds. The molecule has 0 saturated carbocycles. The van der Waals surface area contributed by atoms with Crippen LogP contribution in [0.4, 0.5) is 11.8 Å². The van der Waals surface area contributed by atoms with Gasteiger partial charge < -0.3 is 15.5 Å². The van der Waals surface area contributed by atoms with Crippen LogP contribution in [0.15, 0.2) is 10.7 Å². The summed E-state index contributed by atoms with van der Waals surface area (Å²) in [7, 11) is 5.15. The monoisotopic (exact) mass is 287 g/mol. The van der Waals surface area contributed by atoms with Crippen molar-refractivity contribution in [3.63, 3.8) is 0 Å². The number of hydrogen-bond donors (Lipinski definition) is 2. The van der Waals surface area contributed by atoms with Crippen LogP contribution >= 0.6 is 15.9 Å². The largest absolute Gasteiger partial charge is 0.360 e. The second-order valence-corrected chi connectivity index (χ2v) is 4.14. The molecule has 6 nitrogen and oxygen atoms in total. The second kappa shape index (κ2) is 5.64. The number of carbonyl (C=O) groups is 1. The van der Waals surface area contributed by atoms with Crippen molar-refractivity contribution in [2.45, 2.75) is 0 Å². The molecule has 7 heteroatoms. The van der Waals surface area contributed by atoms with Crippen LogP contribution in [0.1, 0.15) is 0 Å². The summed E-state index contributed by atoms with van der Waals surface area (Å²) in [5, 5.41) is 5.77. The number of aromatic nitrogens is 2. The zero-order valence-corrected chi connectivity index (χ0v) is 11.0. The number of nitrogens with zero attached hydrogens (tertiary/aromatic N) is 3. The predicted octanol–water partition coefficient (Wildman–Crippen LogP) is 0.781. The molecule has 0 fully saturated rings. The summed E-state index contributed by atoms with van der Waals surface area (Å²) in [6.07, 6.45) is 1.63. The highest BCUT2D eigenvalue weighted by atomic mass is 79.9. The van der Waals surface area contributed by atoms with Gasteiger partial charge in [-0.25, -0.2) is 4.98 Å². The molecule has 2 N–H and O–H groups in total. The van der Waals surface area contributed by atoms with Crippen LogP contribution in [0, 0.1) is 0 Å². The molecule has 0 saturated heterocycles. The number of halogens is 1. The minimum absolute atomic E-state index is 0.0171. The average Bonchev–Trinajstić information content (AvgIpc) is 2.27. The van der Waals surface area contributed by atoms with Crippen molar-refractivity contribution in [1.82, 2.24) is 14.9 Å². The normalized spacial score (nSPS) is 9.75. The quantitative estimate of drug-likeness (QED) is 0.857. The molecule has 0 spiro atoms. The smallest absolute Gasteiger partial charge is 0.241 e. The number of anilines is 2. The van der Waals surface area contributed by atoms with Gasteiger partial charge in [-0.3, -0.25) is 4.79 Å². The van der Waals surface area contributed by atoms with Crippen molar-refractivity contribution in [1.29, 1.82) is 0 Å². The average molecular weight is 288 g/mol. The summed E-state index contributed by atoms with van der Waals surface area (Å²) in [6.45, 7) is 0.200. The van der Waals surface area contributed by atoms with E-state index in [9.17, 15) is 4.79 Å². The Kier molecular flexibility index (Phi) is 4.48. The van der Waals surface area contributed by atoms with E-state index in [1.807, 2.05) is 0 Å². The summed E-state index contributed by atoms with van der Waals surface area (Å²) in [5.74, 6) is 1.08. The Morgan fingerprint density at radius 3 is 2.81 bits per heavy atom. The van der Waals surface area contributed by atoms with Gasteiger partial charge in [0.1, 0.15) is 5.82 Å². The topological polar surface area (TPSA) is 70.2 Å². The van der Waals surface area contributed by atoms with E-state index in [1.54, 1.807) is 27.3 Å². The molecule has 16 heavy (non-hydrogen) atoms. The lowest BCUT2D eigenvalue weighted by Crippen LogP contribution is -2.29. The molecule has 0 bridgehead atoms. The van der Waals surface area contributed by atoms with Crippen LogP contribution in [0.3, 0.4) is 0 Å². The molecule has 0 unspecified atom stereocenters. The molecule has 0 aliphatic heterocycles. The molecular formula is C9H14BrN5O. The highest BCUT2D eigenvalue weighted by Crippen LogP contribution is 2.19. The number of rotatable bonds is 4. The summed E-state index contributed by atoms with van der Waals surface area (Å²) in [6, 6.07) is 0. The minimum Gasteiger partial charge on any atom is -0.360 e. The first-order chi connectivity index (χ1) is 7.54. The number of carbonyl (C=O) groups excluding carboxylic acids is 1. The first-order valence-corrected chi connectivity index (χ1v) is 5.48. The SMILES string of the molecule is CNc1ncc(Br)c(NCC(=O)N(C)C)n1. The number of hydrogen-bond acceptors (Lipinski definition) is 5. The Hall–Kier alpha value is -1.37. The van der Waals surface area contributed by atoms with E-state index >= 15 is 0 Å². The maximum Gasteiger partial charge on any atom is 0.241 e. The second-order valence-electron chi connectivity index (χ2n) is 3.28. The van der Waals surface area contributed by atoms with Gasteiger partial charge in [0, 0.05) is 27.3 Å². The number of likely N-dealkylation sites (N-methyl/N-ethyl adjacent to an activating group) is 1. The lowest BCUT2D eigenvalue weighted by Gasteiger charge is -2.12. The molecule has 0 radical (unpaired) electrons. The van der Waals surface area contributed by atoms with Gasteiger partial charge in [0.25, 0.3) is 0 Å². The number of amides is 1. The van der Waals surface area contributed by atoms with Gasteiger partial charge in [0.15, 0.2) is 0 Å². The summed E-state index contributed by atoms with van der Waals surface area (Å²) < 4.78 is 0.720. The van der Waals surface area contributed by atoms with Gasteiger partial charge in [0.2, 0.25) is 11.9 Å². The zero-order chi connectivity index (χ0) is 12.1. The summed E-state index contributed by atoms with van der Waals surface area (Å²) in [5.41, 5.74) is 0. The fourth-order valence-corrected chi connectivity index (χ4v) is 1.26. The van der Waals surface area contributed by atoms with E-state index in [0.29, 0.717) is 11.8 Å². The van der Waals surface area contributed by atoms with Gasteiger partial charge in [-0.2, -0.15) is 4.98 Å². The van der Waals surface area contributed by atoms with E-state index in [2.05, 4.69) is 36.5 Å². The van der Waals surface area contributed by atoms with E-state index in [4.69, 9.17) is 0 Å². The molecule has 1 rings (SSSR count). The maximum absolute atomic E-state index is 11.4. The fraction of sp³-hybridized carbons (Fsp3) is 0.444. The predicted molar refractivity (Wildman–Crippen MR) is 66.5 cm³/mol. The standard InChI is InChI=1S/C9H14BrN5O/c1-11-9-13-4-6(10)8(14-9)12-5-7(16)15(2)3/h4H,5H2,1-3H3,(H2,11,12,13,14). The van der Waals surface area contributed by atoms with Crippen LogP contribution in [0.2, 0.25) is 0 Å². The van der Waals surface area contributed by atoms with E-state index in [1.165, 1.54) is 4.90 Å². The van der Waals surface area contributed by atoms with Crippen LogP contribution in [-0.2, 0) is 4.79 Å².